The summed E-state index contributed by atoms with van der Waals surface area (Å²) in [7, 11) is 0. The molecular formula is C12H10F12O2. The number of rotatable bonds is 8. The first-order chi connectivity index (χ1) is 11.1. The van der Waals surface area contributed by atoms with E-state index in [0.717, 1.165) is 0 Å². The van der Waals surface area contributed by atoms with Gasteiger partial charge in [-0.3, -0.25) is 0 Å². The van der Waals surface area contributed by atoms with Crippen molar-refractivity contribution < 1.29 is 62.6 Å². The lowest BCUT2D eigenvalue weighted by atomic mass is 9.90. The molecule has 1 N–H and O–H groups in total. The fraction of sp³-hybridized carbons (Fsp3) is 0.750. The number of carboxylic acid groups (broad SMARTS) is 1. The smallest absolute Gasteiger partial charge is 0.385 e. The van der Waals surface area contributed by atoms with Crippen LogP contribution in [0.3, 0.4) is 0 Å². The van der Waals surface area contributed by atoms with Gasteiger partial charge in [-0.25, -0.2) is 4.79 Å². The topological polar surface area (TPSA) is 37.3 Å². The SMILES string of the molecule is CCC(F)(F)C(F)(F)C(F)(F)C(F)(F)C(F)(F)C(F)(F)C=C(C)C(=O)O. The van der Waals surface area contributed by atoms with Gasteiger partial charge < -0.3 is 5.11 Å². The summed E-state index contributed by atoms with van der Waals surface area (Å²) in [4.78, 5) is 10.3. The Hall–Kier alpha value is -1.63. The van der Waals surface area contributed by atoms with Gasteiger partial charge in [0.25, 0.3) is 0 Å². The molecule has 14 heteroatoms. The van der Waals surface area contributed by atoms with Gasteiger partial charge in [-0.1, -0.05) is 6.92 Å². The van der Waals surface area contributed by atoms with Crippen molar-refractivity contribution in [2.75, 3.05) is 0 Å². The number of alkyl halides is 12. The van der Waals surface area contributed by atoms with Crippen LogP contribution >= 0.6 is 0 Å². The highest BCUT2D eigenvalue weighted by Gasteiger charge is 2.89. The minimum atomic E-state index is -7.69. The van der Waals surface area contributed by atoms with Crippen molar-refractivity contribution in [3.05, 3.63) is 11.6 Å². The largest absolute Gasteiger partial charge is 0.478 e. The number of allylic oxidation sites excluding steroid dienone is 1. The van der Waals surface area contributed by atoms with Gasteiger partial charge in [0.2, 0.25) is 0 Å². The number of carboxylic acids is 1. The van der Waals surface area contributed by atoms with Gasteiger partial charge in [0.15, 0.2) is 0 Å². The molecule has 0 spiro atoms. The van der Waals surface area contributed by atoms with E-state index in [2.05, 4.69) is 0 Å². The van der Waals surface area contributed by atoms with E-state index in [-0.39, 0.29) is 13.8 Å². The highest BCUT2D eigenvalue weighted by Crippen LogP contribution is 2.60. The second-order valence-electron chi connectivity index (χ2n) is 5.11. The van der Waals surface area contributed by atoms with Gasteiger partial charge in [-0.2, -0.15) is 52.7 Å². The highest BCUT2D eigenvalue weighted by atomic mass is 19.4. The molecule has 26 heavy (non-hydrogen) atoms. The van der Waals surface area contributed by atoms with Crippen LogP contribution < -0.4 is 0 Å². The molecule has 0 aliphatic rings. The Kier molecular flexibility index (Phi) is 6.11. The Morgan fingerprint density at radius 1 is 0.769 bits per heavy atom. The van der Waals surface area contributed by atoms with Crippen molar-refractivity contribution in [3.8, 4) is 0 Å². The van der Waals surface area contributed by atoms with Crippen molar-refractivity contribution in [3.63, 3.8) is 0 Å². The normalized spacial score (nSPS) is 16.0. The standard InChI is InChI=1S/C12H10F12O2/c1-3-7(13,14)9(17,18)11(21,22)12(23,24)10(19,20)8(15,16)4-5(2)6(25)26/h4H,3H2,1-2H3,(H,25,26). The second-order valence-corrected chi connectivity index (χ2v) is 5.11. The van der Waals surface area contributed by atoms with E-state index in [1.807, 2.05) is 0 Å². The Labute approximate surface area is 137 Å². The fourth-order valence-electron chi connectivity index (χ4n) is 1.48. The number of carbonyl (C=O) groups is 1. The molecule has 0 heterocycles. The van der Waals surface area contributed by atoms with Crippen LogP contribution in [0.4, 0.5) is 52.7 Å². The molecule has 0 radical (unpaired) electrons. The van der Waals surface area contributed by atoms with E-state index in [1.54, 1.807) is 0 Å². The van der Waals surface area contributed by atoms with E-state index < -0.39 is 59.6 Å². The quantitative estimate of drug-likeness (QED) is 0.436. The van der Waals surface area contributed by atoms with Crippen LogP contribution in [0.15, 0.2) is 11.6 Å². The predicted molar refractivity (Wildman–Crippen MR) is 61.4 cm³/mol. The van der Waals surface area contributed by atoms with Crippen LogP contribution in [0.1, 0.15) is 20.3 Å². The zero-order chi connectivity index (χ0) is 21.6. The third kappa shape index (κ3) is 3.33. The first-order valence-electron chi connectivity index (χ1n) is 6.33. The van der Waals surface area contributed by atoms with Gasteiger partial charge in [-0.15, -0.1) is 0 Å². The Bertz CT molecular complexity index is 579. The highest BCUT2D eigenvalue weighted by molar-refractivity contribution is 5.86. The molecule has 0 aliphatic carbocycles. The molecule has 0 saturated carbocycles. The molecule has 0 unspecified atom stereocenters. The monoisotopic (exact) mass is 414 g/mol. The van der Waals surface area contributed by atoms with Crippen LogP contribution in [-0.2, 0) is 4.79 Å². The Morgan fingerprint density at radius 3 is 1.42 bits per heavy atom. The maximum absolute atomic E-state index is 13.3. The molecule has 0 fully saturated rings. The second kappa shape index (κ2) is 6.51. The summed E-state index contributed by atoms with van der Waals surface area (Å²) in [5.41, 5.74) is -1.72. The fourth-order valence-corrected chi connectivity index (χ4v) is 1.48. The average molecular weight is 414 g/mol. The number of aliphatic carboxylic acids is 1. The molecule has 2 nitrogen and oxygen atoms in total. The third-order valence-corrected chi connectivity index (χ3v) is 3.24. The minimum Gasteiger partial charge on any atom is -0.478 e. The molecule has 0 aromatic rings. The molecule has 154 valence electrons. The van der Waals surface area contributed by atoms with E-state index in [1.165, 1.54) is 0 Å². The third-order valence-electron chi connectivity index (χ3n) is 3.24. The zero-order valence-electron chi connectivity index (χ0n) is 12.7. The summed E-state index contributed by atoms with van der Waals surface area (Å²) in [6, 6.07) is 0. The van der Waals surface area contributed by atoms with Crippen LogP contribution in [0, 0.1) is 0 Å². The van der Waals surface area contributed by atoms with Crippen LogP contribution in [0.2, 0.25) is 0 Å². The number of halogens is 12. The molecule has 0 atom stereocenters. The van der Waals surface area contributed by atoms with Crippen LogP contribution in [0.5, 0.6) is 0 Å². The van der Waals surface area contributed by atoms with E-state index in [9.17, 15) is 57.5 Å². The number of hydrogen-bond acceptors (Lipinski definition) is 1. The van der Waals surface area contributed by atoms with Gasteiger partial charge in [0.1, 0.15) is 0 Å². The van der Waals surface area contributed by atoms with E-state index in [0.29, 0.717) is 0 Å². The Morgan fingerprint density at radius 2 is 1.12 bits per heavy atom. The average Bonchev–Trinajstić information content (AvgIpc) is 2.45. The summed E-state index contributed by atoms with van der Waals surface area (Å²) < 4.78 is 158. The summed E-state index contributed by atoms with van der Waals surface area (Å²) in [5.74, 6) is -44.5. The summed E-state index contributed by atoms with van der Waals surface area (Å²) in [6.07, 6.45) is -3.58. The molecule has 0 bridgehead atoms. The van der Waals surface area contributed by atoms with Crippen LogP contribution in [-0.4, -0.2) is 46.6 Å². The molecule has 0 aliphatic heterocycles. The molecular weight excluding hydrogens is 404 g/mol. The molecule has 0 rings (SSSR count). The van der Waals surface area contributed by atoms with Crippen LogP contribution in [0.25, 0.3) is 0 Å². The van der Waals surface area contributed by atoms with Gasteiger partial charge >= 0.3 is 41.5 Å². The first-order valence-corrected chi connectivity index (χ1v) is 6.33. The predicted octanol–water partition coefficient (Wildman–Crippen LogP) is 5.24. The van der Waals surface area contributed by atoms with Gasteiger partial charge in [0, 0.05) is 18.1 Å². The lowest BCUT2D eigenvalue weighted by molar-refractivity contribution is -0.420. The van der Waals surface area contributed by atoms with Crippen molar-refractivity contribution in [2.24, 2.45) is 0 Å². The van der Waals surface area contributed by atoms with E-state index in [4.69, 9.17) is 5.11 Å². The van der Waals surface area contributed by atoms with Crippen molar-refractivity contribution in [2.45, 2.75) is 55.8 Å². The minimum absolute atomic E-state index is 0.133. The first kappa shape index (κ1) is 24.4. The van der Waals surface area contributed by atoms with Crippen molar-refractivity contribution in [1.29, 1.82) is 0 Å². The maximum atomic E-state index is 13.3. The molecule has 0 aromatic heterocycles. The lowest BCUT2D eigenvalue weighted by Gasteiger charge is -2.40. The van der Waals surface area contributed by atoms with E-state index >= 15 is 0 Å². The molecule has 0 aromatic carbocycles. The molecule has 0 saturated heterocycles. The summed E-state index contributed by atoms with van der Waals surface area (Å²) in [6.45, 7) is 0.316. The Balaban J connectivity index is 6.44. The lowest BCUT2D eigenvalue weighted by Crippen LogP contribution is -2.70. The van der Waals surface area contributed by atoms with Crippen molar-refractivity contribution in [1.82, 2.24) is 0 Å². The summed E-state index contributed by atoms with van der Waals surface area (Å²) >= 11 is 0. The number of hydrogen-bond donors (Lipinski definition) is 1. The molecule has 0 amide bonds. The zero-order valence-corrected chi connectivity index (χ0v) is 12.7. The summed E-state index contributed by atoms with van der Waals surface area (Å²) in [5, 5.41) is 8.24. The maximum Gasteiger partial charge on any atom is 0.385 e. The van der Waals surface area contributed by atoms with Gasteiger partial charge in [0.05, 0.1) is 0 Å². The van der Waals surface area contributed by atoms with Gasteiger partial charge in [-0.05, 0) is 6.92 Å². The van der Waals surface area contributed by atoms with Crippen molar-refractivity contribution >= 4 is 5.97 Å².